The van der Waals surface area contributed by atoms with Gasteiger partial charge in [0.25, 0.3) is 0 Å². The van der Waals surface area contributed by atoms with Gasteiger partial charge < -0.3 is 19.6 Å². The summed E-state index contributed by atoms with van der Waals surface area (Å²) in [7, 11) is 0. The van der Waals surface area contributed by atoms with E-state index >= 15 is 0 Å². The molecule has 2 aromatic rings. The zero-order chi connectivity index (χ0) is 21.6. The lowest BCUT2D eigenvalue weighted by molar-refractivity contribution is 0.0534. The predicted molar refractivity (Wildman–Crippen MR) is 117 cm³/mol. The minimum absolute atomic E-state index is 0.271. The number of hydrogen-bond donors (Lipinski definition) is 1. The van der Waals surface area contributed by atoms with E-state index in [1.165, 1.54) is 11.3 Å². The van der Waals surface area contributed by atoms with E-state index in [2.05, 4.69) is 20.9 Å². The third-order valence-electron chi connectivity index (χ3n) is 7.23. The average Bonchev–Trinajstić information content (AvgIpc) is 3.50. The van der Waals surface area contributed by atoms with Gasteiger partial charge in [-0.05, 0) is 61.9 Å². The van der Waals surface area contributed by atoms with Crippen molar-refractivity contribution >= 4 is 22.4 Å². The van der Waals surface area contributed by atoms with E-state index in [0.717, 1.165) is 67.3 Å². The minimum Gasteiger partial charge on any atom is -0.457 e. The van der Waals surface area contributed by atoms with E-state index in [1.807, 2.05) is 13.0 Å². The summed E-state index contributed by atoms with van der Waals surface area (Å²) in [5.74, 6) is -0.271. The zero-order valence-electron chi connectivity index (χ0n) is 17.6. The number of hydrogen-bond acceptors (Lipinski definition) is 8. The van der Waals surface area contributed by atoms with Crippen LogP contribution < -0.4 is 4.90 Å². The standard InChI is InChI=1S/C23H26N4O3S/c1-15-17(2-3-18-19(15)13-30-21(18)29)20(28)12-26-7-4-23(5-8-26)6-9-27(14-23)22-25-11-16(10-24)31-22/h2-3,11,20,28H,4-9,12-14H2,1H3. The number of carbonyl (C=O) groups is 1. The van der Waals surface area contributed by atoms with Gasteiger partial charge >= 0.3 is 5.97 Å². The first-order chi connectivity index (χ1) is 15.0. The first-order valence-corrected chi connectivity index (χ1v) is 11.6. The monoisotopic (exact) mass is 438 g/mol. The number of fused-ring (bicyclic) bond motifs is 1. The Labute approximate surface area is 185 Å². The van der Waals surface area contributed by atoms with E-state index < -0.39 is 6.10 Å². The highest BCUT2D eigenvalue weighted by Crippen LogP contribution is 2.43. The maximum atomic E-state index is 11.8. The highest BCUT2D eigenvalue weighted by molar-refractivity contribution is 7.16. The third kappa shape index (κ3) is 3.71. The number of nitrogens with zero attached hydrogens (tertiary/aromatic N) is 4. The van der Waals surface area contributed by atoms with Gasteiger partial charge in [-0.3, -0.25) is 0 Å². The second kappa shape index (κ2) is 7.90. The van der Waals surface area contributed by atoms with Crippen LogP contribution in [0.3, 0.4) is 0 Å². The first kappa shape index (κ1) is 20.4. The predicted octanol–water partition coefficient (Wildman–Crippen LogP) is 3.02. The second-order valence-electron chi connectivity index (χ2n) is 8.99. The number of likely N-dealkylation sites (tertiary alicyclic amines) is 1. The Hall–Kier alpha value is -2.47. The third-order valence-corrected chi connectivity index (χ3v) is 8.19. The molecule has 7 nitrogen and oxygen atoms in total. The van der Waals surface area contributed by atoms with Crippen LogP contribution in [0.1, 0.15) is 57.3 Å². The van der Waals surface area contributed by atoms with E-state index in [-0.39, 0.29) is 5.97 Å². The fourth-order valence-corrected chi connectivity index (χ4v) is 5.99. The molecular weight excluding hydrogens is 412 g/mol. The van der Waals surface area contributed by atoms with Crippen LogP contribution in [-0.4, -0.2) is 53.7 Å². The summed E-state index contributed by atoms with van der Waals surface area (Å²) < 4.78 is 5.14. The van der Waals surface area contributed by atoms with Crippen LogP contribution in [0.25, 0.3) is 0 Å². The number of anilines is 1. The highest BCUT2D eigenvalue weighted by atomic mass is 32.1. The van der Waals surface area contributed by atoms with E-state index in [9.17, 15) is 9.90 Å². The quantitative estimate of drug-likeness (QED) is 0.734. The average molecular weight is 439 g/mol. The lowest BCUT2D eigenvalue weighted by Crippen LogP contribution is -2.43. The molecule has 5 rings (SSSR count). The summed E-state index contributed by atoms with van der Waals surface area (Å²) in [6.07, 6.45) is 4.46. The summed E-state index contributed by atoms with van der Waals surface area (Å²) in [6.45, 7) is 6.81. The van der Waals surface area contributed by atoms with E-state index in [4.69, 9.17) is 10.00 Å². The van der Waals surface area contributed by atoms with Gasteiger partial charge in [-0.15, -0.1) is 0 Å². The first-order valence-electron chi connectivity index (χ1n) is 10.8. The van der Waals surface area contributed by atoms with Gasteiger partial charge in [0.05, 0.1) is 17.9 Å². The summed E-state index contributed by atoms with van der Waals surface area (Å²) in [5.41, 5.74) is 3.70. The maximum absolute atomic E-state index is 11.8. The smallest absolute Gasteiger partial charge is 0.338 e. The molecule has 162 valence electrons. The molecule has 3 aliphatic rings. The number of esters is 1. The number of cyclic esters (lactones) is 1. The van der Waals surface area contributed by atoms with Gasteiger partial charge in [0.1, 0.15) is 17.6 Å². The largest absolute Gasteiger partial charge is 0.457 e. The van der Waals surface area contributed by atoms with E-state index in [1.54, 1.807) is 12.3 Å². The highest BCUT2D eigenvalue weighted by Gasteiger charge is 2.41. The molecule has 4 heterocycles. The van der Waals surface area contributed by atoms with Crippen molar-refractivity contribution in [3.63, 3.8) is 0 Å². The maximum Gasteiger partial charge on any atom is 0.338 e. The molecule has 2 saturated heterocycles. The molecule has 1 spiro atoms. The van der Waals surface area contributed by atoms with Crippen molar-refractivity contribution < 1.29 is 14.6 Å². The molecule has 0 aliphatic carbocycles. The van der Waals surface area contributed by atoms with Crippen LogP contribution in [0.4, 0.5) is 5.13 Å². The topological polar surface area (TPSA) is 89.7 Å². The fraction of sp³-hybridized carbons (Fsp3) is 0.522. The van der Waals surface area contributed by atoms with Gasteiger partial charge in [0.2, 0.25) is 0 Å². The molecule has 0 amide bonds. The number of aliphatic hydroxyl groups is 1. The van der Waals surface area contributed by atoms with Crippen molar-refractivity contribution in [1.29, 1.82) is 5.26 Å². The van der Waals surface area contributed by atoms with Crippen LogP contribution in [0, 0.1) is 23.7 Å². The van der Waals surface area contributed by atoms with Crippen molar-refractivity contribution in [2.75, 3.05) is 37.6 Å². The molecule has 1 atom stereocenters. The molecule has 8 heteroatoms. The number of nitriles is 1. The number of aliphatic hydroxyl groups excluding tert-OH is 1. The number of aromatic nitrogens is 1. The van der Waals surface area contributed by atoms with Gasteiger partial charge in [-0.2, -0.15) is 5.26 Å². The Morgan fingerprint density at radius 1 is 1.32 bits per heavy atom. The Balaban J connectivity index is 1.19. The van der Waals surface area contributed by atoms with Crippen LogP contribution in [0.2, 0.25) is 0 Å². The number of rotatable bonds is 4. The zero-order valence-corrected chi connectivity index (χ0v) is 18.5. The SMILES string of the molecule is Cc1c(C(O)CN2CCC3(CC2)CCN(c2ncc(C#N)s2)C3)ccc2c1COC2=O. The summed E-state index contributed by atoms with van der Waals surface area (Å²) >= 11 is 1.47. The van der Waals surface area contributed by atoms with E-state index in [0.29, 0.717) is 29.0 Å². The van der Waals surface area contributed by atoms with Crippen LogP contribution in [0.5, 0.6) is 0 Å². The number of thiazole rings is 1. The molecular formula is C23H26N4O3S. The van der Waals surface area contributed by atoms with Gasteiger partial charge in [0.15, 0.2) is 5.13 Å². The molecule has 2 fully saturated rings. The van der Waals surface area contributed by atoms with Gasteiger partial charge in [0, 0.05) is 25.2 Å². The molecule has 31 heavy (non-hydrogen) atoms. The van der Waals surface area contributed by atoms with Crippen LogP contribution in [0.15, 0.2) is 18.3 Å². The number of β-amino-alcohol motifs (C(OH)–C–C–N with tert-alkyl or cyclic N) is 1. The molecule has 0 bridgehead atoms. The summed E-state index contributed by atoms with van der Waals surface area (Å²) in [6, 6.07) is 5.83. The molecule has 1 N–H and O–H groups in total. The van der Waals surface area contributed by atoms with Gasteiger partial charge in [-0.1, -0.05) is 17.4 Å². The second-order valence-corrected chi connectivity index (χ2v) is 10.00. The number of benzene rings is 1. The van der Waals surface area contributed by atoms with Crippen molar-refractivity contribution in [1.82, 2.24) is 9.88 Å². The number of ether oxygens (including phenoxy) is 1. The van der Waals surface area contributed by atoms with Crippen molar-refractivity contribution in [2.45, 2.75) is 38.9 Å². The molecule has 3 aliphatic heterocycles. The van der Waals surface area contributed by atoms with Crippen molar-refractivity contribution in [3.05, 3.63) is 45.5 Å². The van der Waals surface area contributed by atoms with Crippen molar-refractivity contribution in [2.24, 2.45) is 5.41 Å². The Bertz CT molecular complexity index is 1050. The summed E-state index contributed by atoms with van der Waals surface area (Å²) in [4.78, 5) is 21.5. The minimum atomic E-state index is -0.574. The molecule has 1 aromatic heterocycles. The van der Waals surface area contributed by atoms with Crippen LogP contribution >= 0.6 is 11.3 Å². The Morgan fingerprint density at radius 2 is 2.10 bits per heavy atom. The Morgan fingerprint density at radius 3 is 2.84 bits per heavy atom. The normalized spacial score (nSPS) is 21.2. The van der Waals surface area contributed by atoms with Crippen molar-refractivity contribution in [3.8, 4) is 6.07 Å². The molecule has 1 unspecified atom stereocenters. The molecule has 1 aromatic carbocycles. The van der Waals surface area contributed by atoms with Gasteiger partial charge in [-0.25, -0.2) is 9.78 Å². The summed E-state index contributed by atoms with van der Waals surface area (Å²) in [5, 5.41) is 20.9. The lowest BCUT2D eigenvalue weighted by atomic mass is 9.77. The molecule has 0 saturated carbocycles. The lowest BCUT2D eigenvalue weighted by Gasteiger charge is -2.40. The fourth-order valence-electron chi connectivity index (χ4n) is 5.25. The Kier molecular flexibility index (Phi) is 5.21. The number of carbonyl (C=O) groups excluding carboxylic acids is 1. The number of piperidine rings is 1. The molecule has 0 radical (unpaired) electrons. The van der Waals surface area contributed by atoms with Crippen LogP contribution in [-0.2, 0) is 11.3 Å².